The van der Waals surface area contributed by atoms with Crippen LogP contribution in [0.5, 0.6) is 11.5 Å². The minimum atomic E-state index is 0.329. The number of allylic oxidation sites excluding steroid dienone is 2. The van der Waals surface area contributed by atoms with Crippen molar-refractivity contribution in [3.63, 3.8) is 0 Å². The summed E-state index contributed by atoms with van der Waals surface area (Å²) in [6.07, 6.45) is 7.32. The SMILES string of the molecule is CC.CC.CC.Cc1ccc(O)cc1.Oc1ccc(C2=CCCCC2)cc1. The smallest absolute Gasteiger partial charge is 0.115 e. The summed E-state index contributed by atoms with van der Waals surface area (Å²) in [7, 11) is 0. The molecule has 2 aromatic rings. The van der Waals surface area contributed by atoms with Gasteiger partial charge in [0.25, 0.3) is 0 Å². The Labute approximate surface area is 167 Å². The molecule has 27 heavy (non-hydrogen) atoms. The van der Waals surface area contributed by atoms with Gasteiger partial charge in [0.2, 0.25) is 0 Å². The van der Waals surface area contributed by atoms with Crippen LogP contribution in [0.25, 0.3) is 5.57 Å². The van der Waals surface area contributed by atoms with Crippen molar-refractivity contribution in [1.29, 1.82) is 0 Å². The highest BCUT2D eigenvalue weighted by Crippen LogP contribution is 2.27. The molecule has 0 fully saturated rings. The number of aromatic hydroxyl groups is 2. The predicted molar refractivity (Wildman–Crippen MR) is 121 cm³/mol. The fourth-order valence-corrected chi connectivity index (χ4v) is 2.32. The number of aryl methyl sites for hydroxylation is 1. The molecule has 0 saturated carbocycles. The second kappa shape index (κ2) is 18.6. The zero-order valence-corrected chi connectivity index (χ0v) is 18.4. The molecule has 0 radical (unpaired) electrons. The highest BCUT2D eigenvalue weighted by atomic mass is 16.3. The Kier molecular flexibility index (Phi) is 18.6. The van der Waals surface area contributed by atoms with Crippen LogP contribution in [0, 0.1) is 6.92 Å². The van der Waals surface area contributed by atoms with Gasteiger partial charge in [-0.15, -0.1) is 0 Å². The summed E-state index contributed by atoms with van der Waals surface area (Å²) in [4.78, 5) is 0. The van der Waals surface area contributed by atoms with Crippen molar-refractivity contribution in [3.8, 4) is 11.5 Å². The van der Waals surface area contributed by atoms with E-state index in [2.05, 4.69) is 6.08 Å². The highest BCUT2D eigenvalue weighted by Gasteiger charge is 2.05. The average molecular weight is 373 g/mol. The molecule has 2 N–H and O–H groups in total. The van der Waals surface area contributed by atoms with Crippen LogP contribution in [-0.2, 0) is 0 Å². The summed E-state index contributed by atoms with van der Waals surface area (Å²) in [6.45, 7) is 14.0. The molecule has 0 aromatic heterocycles. The van der Waals surface area contributed by atoms with E-state index in [0.717, 1.165) is 0 Å². The summed E-state index contributed by atoms with van der Waals surface area (Å²) >= 11 is 0. The van der Waals surface area contributed by atoms with E-state index in [-0.39, 0.29) is 0 Å². The van der Waals surface area contributed by atoms with Crippen molar-refractivity contribution in [2.75, 3.05) is 0 Å². The first kappa shape index (κ1) is 27.0. The number of benzene rings is 2. The van der Waals surface area contributed by atoms with Crippen molar-refractivity contribution >= 4 is 5.57 Å². The lowest BCUT2D eigenvalue weighted by atomic mass is 9.94. The Morgan fingerprint density at radius 2 is 1.07 bits per heavy atom. The third kappa shape index (κ3) is 12.7. The van der Waals surface area contributed by atoms with Crippen LogP contribution in [0.2, 0.25) is 0 Å². The van der Waals surface area contributed by atoms with Gasteiger partial charge in [-0.2, -0.15) is 0 Å². The quantitative estimate of drug-likeness (QED) is 0.530. The van der Waals surface area contributed by atoms with Crippen molar-refractivity contribution in [3.05, 3.63) is 65.7 Å². The molecule has 0 aliphatic heterocycles. The Balaban J connectivity index is 0. The van der Waals surface area contributed by atoms with Gasteiger partial charge in [0.1, 0.15) is 11.5 Å². The maximum Gasteiger partial charge on any atom is 0.115 e. The van der Waals surface area contributed by atoms with E-state index in [1.807, 2.05) is 72.7 Å². The van der Waals surface area contributed by atoms with E-state index >= 15 is 0 Å². The number of phenolic OH excluding ortho intramolecular Hbond substituents is 2. The van der Waals surface area contributed by atoms with Crippen molar-refractivity contribution in [1.82, 2.24) is 0 Å². The molecule has 2 nitrogen and oxygen atoms in total. The van der Waals surface area contributed by atoms with E-state index in [1.54, 1.807) is 24.3 Å². The lowest BCUT2D eigenvalue weighted by Gasteiger charge is -2.12. The lowest BCUT2D eigenvalue weighted by Crippen LogP contribution is -1.90. The molecule has 0 heterocycles. The number of hydrogen-bond acceptors (Lipinski definition) is 2. The molecular formula is C25H40O2. The Hall–Kier alpha value is -2.22. The predicted octanol–water partition coefficient (Wildman–Crippen LogP) is 8.13. The minimum Gasteiger partial charge on any atom is -0.508 e. The maximum atomic E-state index is 9.14. The molecule has 0 saturated heterocycles. The third-order valence-corrected chi connectivity index (χ3v) is 3.56. The molecule has 0 amide bonds. The summed E-state index contributed by atoms with van der Waals surface area (Å²) in [6, 6.07) is 14.6. The molecule has 2 aromatic carbocycles. The third-order valence-electron chi connectivity index (χ3n) is 3.56. The van der Waals surface area contributed by atoms with Crippen molar-refractivity contribution in [2.45, 2.75) is 74.1 Å². The first-order valence-electron chi connectivity index (χ1n) is 10.4. The number of phenols is 2. The van der Waals surface area contributed by atoms with Gasteiger partial charge in [0, 0.05) is 0 Å². The summed E-state index contributed by atoms with van der Waals surface area (Å²) in [5, 5.41) is 17.9. The van der Waals surface area contributed by atoms with Gasteiger partial charge in [-0.05, 0) is 68.0 Å². The molecule has 152 valence electrons. The van der Waals surface area contributed by atoms with E-state index in [9.17, 15) is 0 Å². The molecule has 0 spiro atoms. The largest absolute Gasteiger partial charge is 0.508 e. The Morgan fingerprint density at radius 1 is 0.630 bits per heavy atom. The molecule has 2 heteroatoms. The fraction of sp³-hybridized carbons (Fsp3) is 0.440. The lowest BCUT2D eigenvalue weighted by molar-refractivity contribution is 0.474. The second-order valence-corrected chi connectivity index (χ2v) is 5.36. The minimum absolute atomic E-state index is 0.329. The van der Waals surface area contributed by atoms with Gasteiger partial charge in [-0.1, -0.05) is 77.4 Å². The molecular weight excluding hydrogens is 332 g/mol. The van der Waals surface area contributed by atoms with Gasteiger partial charge in [0.15, 0.2) is 0 Å². The standard InChI is InChI=1S/C12H14O.C7H8O.3C2H6/c13-12-8-6-11(7-9-12)10-4-2-1-3-5-10;1-6-2-4-7(8)5-3-6;3*1-2/h4,6-9,13H,1-3,5H2;2-5,8H,1H3;3*1-2H3. The van der Waals surface area contributed by atoms with Crippen molar-refractivity contribution in [2.24, 2.45) is 0 Å². The zero-order valence-electron chi connectivity index (χ0n) is 18.4. The molecule has 0 bridgehead atoms. The van der Waals surface area contributed by atoms with E-state index < -0.39 is 0 Å². The monoisotopic (exact) mass is 372 g/mol. The van der Waals surface area contributed by atoms with Crippen LogP contribution in [0.3, 0.4) is 0 Å². The number of hydrogen-bond donors (Lipinski definition) is 2. The van der Waals surface area contributed by atoms with E-state index in [0.29, 0.717) is 11.5 Å². The van der Waals surface area contributed by atoms with Crippen LogP contribution in [-0.4, -0.2) is 10.2 Å². The Morgan fingerprint density at radius 3 is 1.44 bits per heavy atom. The first-order valence-corrected chi connectivity index (χ1v) is 10.4. The summed E-state index contributed by atoms with van der Waals surface area (Å²) < 4.78 is 0. The van der Waals surface area contributed by atoms with Gasteiger partial charge in [-0.25, -0.2) is 0 Å². The number of rotatable bonds is 1. The summed E-state index contributed by atoms with van der Waals surface area (Å²) in [5.41, 5.74) is 3.87. The highest BCUT2D eigenvalue weighted by molar-refractivity contribution is 5.66. The van der Waals surface area contributed by atoms with Crippen LogP contribution < -0.4 is 0 Å². The molecule has 0 unspecified atom stereocenters. The van der Waals surface area contributed by atoms with E-state index in [4.69, 9.17) is 10.2 Å². The normalized spacial score (nSPS) is 11.4. The summed E-state index contributed by atoms with van der Waals surface area (Å²) in [5.74, 6) is 0.677. The Bertz CT molecular complexity index is 560. The molecule has 0 atom stereocenters. The van der Waals surface area contributed by atoms with Gasteiger partial charge >= 0.3 is 0 Å². The van der Waals surface area contributed by atoms with Gasteiger partial charge in [-0.3, -0.25) is 0 Å². The maximum absolute atomic E-state index is 9.14. The van der Waals surface area contributed by atoms with Crippen LogP contribution in [0.4, 0.5) is 0 Å². The topological polar surface area (TPSA) is 40.5 Å². The van der Waals surface area contributed by atoms with E-state index in [1.165, 1.54) is 42.4 Å². The van der Waals surface area contributed by atoms with Crippen molar-refractivity contribution < 1.29 is 10.2 Å². The van der Waals surface area contributed by atoms with Crippen LogP contribution >= 0.6 is 0 Å². The fourth-order valence-electron chi connectivity index (χ4n) is 2.32. The van der Waals surface area contributed by atoms with Gasteiger partial charge < -0.3 is 10.2 Å². The molecule has 1 aliphatic carbocycles. The van der Waals surface area contributed by atoms with Crippen LogP contribution in [0.15, 0.2) is 54.6 Å². The average Bonchev–Trinajstić information content (AvgIpc) is 2.76. The molecule has 1 aliphatic rings. The zero-order chi connectivity index (χ0) is 21.1. The second-order valence-electron chi connectivity index (χ2n) is 5.36. The molecule has 3 rings (SSSR count). The first-order chi connectivity index (χ1) is 13.1. The van der Waals surface area contributed by atoms with Gasteiger partial charge in [0.05, 0.1) is 0 Å². The van der Waals surface area contributed by atoms with Crippen LogP contribution in [0.1, 0.15) is 78.4 Å².